The normalized spacial score (nSPS) is 19.9. The van der Waals surface area contributed by atoms with Crippen molar-refractivity contribution in [2.45, 2.75) is 12.7 Å². The third kappa shape index (κ3) is 2.03. The average Bonchev–Trinajstić information content (AvgIpc) is 2.52. The molecule has 0 spiro atoms. The topological polar surface area (TPSA) is 18.5 Å². The lowest BCUT2D eigenvalue weighted by Gasteiger charge is -2.23. The quantitative estimate of drug-likeness (QED) is 0.789. The molecule has 1 aliphatic heterocycles. The second-order valence-electron chi connectivity index (χ2n) is 3.30. The van der Waals surface area contributed by atoms with Crippen LogP contribution in [-0.4, -0.2) is 13.2 Å². The molecule has 1 aliphatic rings. The van der Waals surface area contributed by atoms with Crippen LogP contribution in [0, 0.1) is 0 Å². The minimum atomic E-state index is -0.591. The summed E-state index contributed by atoms with van der Waals surface area (Å²) in [4.78, 5) is 0. The Labute approximate surface area is 99.8 Å². The molecular formula is C10H10Br2O2. The van der Waals surface area contributed by atoms with Crippen LogP contribution in [-0.2, 0) is 15.3 Å². The fourth-order valence-electron chi connectivity index (χ4n) is 1.50. The molecule has 0 radical (unpaired) electrons. The zero-order chi connectivity index (χ0) is 10.2. The zero-order valence-electron chi connectivity index (χ0n) is 7.72. The largest absolute Gasteiger partial charge is 0.344 e. The van der Waals surface area contributed by atoms with Gasteiger partial charge < -0.3 is 9.47 Å². The number of rotatable bonds is 1. The molecule has 2 rings (SSSR count). The Morgan fingerprint density at radius 2 is 1.57 bits per heavy atom. The molecule has 0 bridgehead atoms. The van der Waals surface area contributed by atoms with Crippen molar-refractivity contribution in [3.8, 4) is 0 Å². The molecule has 1 fully saturated rings. The first-order valence-corrected chi connectivity index (χ1v) is 5.93. The van der Waals surface area contributed by atoms with Crippen molar-refractivity contribution in [3.63, 3.8) is 0 Å². The molecule has 2 nitrogen and oxygen atoms in total. The molecule has 0 unspecified atom stereocenters. The third-order valence-electron chi connectivity index (χ3n) is 2.23. The molecule has 1 saturated heterocycles. The predicted molar refractivity (Wildman–Crippen MR) is 61.1 cm³/mol. The first-order valence-electron chi connectivity index (χ1n) is 4.35. The molecule has 0 atom stereocenters. The molecule has 4 heteroatoms. The molecule has 1 aromatic rings. The van der Waals surface area contributed by atoms with Crippen LogP contribution < -0.4 is 0 Å². The first-order chi connectivity index (χ1) is 6.60. The van der Waals surface area contributed by atoms with E-state index in [1.165, 1.54) is 0 Å². The van der Waals surface area contributed by atoms with Gasteiger partial charge in [0.15, 0.2) is 5.79 Å². The van der Waals surface area contributed by atoms with E-state index in [2.05, 4.69) is 31.9 Å². The molecule has 0 aromatic heterocycles. The van der Waals surface area contributed by atoms with Gasteiger partial charge in [0.05, 0.1) is 13.2 Å². The molecule has 0 amide bonds. The number of benzene rings is 1. The van der Waals surface area contributed by atoms with E-state index in [-0.39, 0.29) is 0 Å². The van der Waals surface area contributed by atoms with Crippen LogP contribution in [0.3, 0.4) is 0 Å². The Hall–Kier alpha value is 0.1000. The Morgan fingerprint density at radius 3 is 2.07 bits per heavy atom. The number of hydrogen-bond acceptors (Lipinski definition) is 2. The molecule has 76 valence electrons. The Bertz CT molecular complexity index is 326. The van der Waals surface area contributed by atoms with Gasteiger partial charge in [-0.1, -0.05) is 31.9 Å². The van der Waals surface area contributed by atoms with Crippen molar-refractivity contribution >= 4 is 31.9 Å². The summed E-state index contributed by atoms with van der Waals surface area (Å²) in [5.74, 6) is -0.591. The fraction of sp³-hybridized carbons (Fsp3) is 0.400. The van der Waals surface area contributed by atoms with Gasteiger partial charge in [0.1, 0.15) is 0 Å². The molecule has 0 saturated carbocycles. The van der Waals surface area contributed by atoms with E-state index in [0.717, 1.165) is 14.5 Å². The van der Waals surface area contributed by atoms with Crippen molar-refractivity contribution in [2.24, 2.45) is 0 Å². The van der Waals surface area contributed by atoms with Crippen LogP contribution in [0.4, 0.5) is 0 Å². The van der Waals surface area contributed by atoms with E-state index < -0.39 is 5.79 Å². The molecule has 14 heavy (non-hydrogen) atoms. The van der Waals surface area contributed by atoms with Crippen molar-refractivity contribution in [1.29, 1.82) is 0 Å². The predicted octanol–water partition coefficient (Wildman–Crippen LogP) is 3.43. The van der Waals surface area contributed by atoms with Crippen molar-refractivity contribution in [3.05, 3.63) is 32.7 Å². The summed E-state index contributed by atoms with van der Waals surface area (Å²) in [5, 5.41) is 0. The molecular weight excluding hydrogens is 312 g/mol. The highest BCUT2D eigenvalue weighted by Crippen LogP contribution is 2.34. The lowest BCUT2D eigenvalue weighted by Crippen LogP contribution is -2.22. The fourth-order valence-corrected chi connectivity index (χ4v) is 2.79. The number of halogens is 2. The van der Waals surface area contributed by atoms with Gasteiger partial charge >= 0.3 is 0 Å². The Kier molecular flexibility index (Phi) is 2.98. The van der Waals surface area contributed by atoms with Crippen LogP contribution in [0.2, 0.25) is 0 Å². The van der Waals surface area contributed by atoms with Crippen molar-refractivity contribution in [1.82, 2.24) is 0 Å². The SMILES string of the molecule is CC1(c2cc(Br)cc(Br)c2)OCCO1. The highest BCUT2D eigenvalue weighted by Gasteiger charge is 2.33. The highest BCUT2D eigenvalue weighted by molar-refractivity contribution is 9.11. The van der Waals surface area contributed by atoms with Crippen molar-refractivity contribution < 1.29 is 9.47 Å². The standard InChI is InChI=1S/C10H10Br2O2/c1-10(13-2-3-14-10)7-4-8(11)6-9(12)5-7/h4-6H,2-3H2,1H3. The van der Waals surface area contributed by atoms with Gasteiger partial charge in [-0.25, -0.2) is 0 Å². The second-order valence-corrected chi connectivity index (χ2v) is 5.13. The minimum Gasteiger partial charge on any atom is -0.344 e. The summed E-state index contributed by atoms with van der Waals surface area (Å²) >= 11 is 6.89. The maximum atomic E-state index is 5.57. The van der Waals surface area contributed by atoms with E-state index in [1.54, 1.807) is 0 Å². The summed E-state index contributed by atoms with van der Waals surface area (Å²) in [5.41, 5.74) is 1.02. The van der Waals surface area contributed by atoms with E-state index in [1.807, 2.05) is 25.1 Å². The average molecular weight is 322 g/mol. The van der Waals surface area contributed by atoms with Crippen LogP contribution in [0.25, 0.3) is 0 Å². The maximum Gasteiger partial charge on any atom is 0.192 e. The second kappa shape index (κ2) is 3.93. The highest BCUT2D eigenvalue weighted by atomic mass is 79.9. The van der Waals surface area contributed by atoms with Gasteiger partial charge in [-0.3, -0.25) is 0 Å². The van der Waals surface area contributed by atoms with E-state index in [0.29, 0.717) is 13.2 Å². The van der Waals surface area contributed by atoms with Crippen molar-refractivity contribution in [2.75, 3.05) is 13.2 Å². The Balaban J connectivity index is 2.40. The smallest absolute Gasteiger partial charge is 0.192 e. The summed E-state index contributed by atoms with van der Waals surface area (Å²) in [6.45, 7) is 3.25. The molecule has 0 N–H and O–H groups in total. The van der Waals surface area contributed by atoms with Gasteiger partial charge in [0.25, 0.3) is 0 Å². The van der Waals surface area contributed by atoms with Crippen LogP contribution in [0.5, 0.6) is 0 Å². The molecule has 1 aromatic carbocycles. The summed E-state index contributed by atoms with van der Waals surface area (Å²) in [6.07, 6.45) is 0. The maximum absolute atomic E-state index is 5.57. The van der Waals surface area contributed by atoms with Crippen LogP contribution >= 0.6 is 31.9 Å². The van der Waals surface area contributed by atoms with E-state index in [9.17, 15) is 0 Å². The number of hydrogen-bond donors (Lipinski definition) is 0. The van der Waals surface area contributed by atoms with Gasteiger partial charge in [-0.2, -0.15) is 0 Å². The number of ether oxygens (including phenoxy) is 2. The lowest BCUT2D eigenvalue weighted by molar-refractivity contribution is -0.149. The third-order valence-corrected chi connectivity index (χ3v) is 3.14. The lowest BCUT2D eigenvalue weighted by atomic mass is 10.1. The van der Waals surface area contributed by atoms with E-state index >= 15 is 0 Å². The van der Waals surface area contributed by atoms with E-state index in [4.69, 9.17) is 9.47 Å². The molecule has 1 heterocycles. The minimum absolute atomic E-state index is 0.591. The van der Waals surface area contributed by atoms with Gasteiger partial charge in [0.2, 0.25) is 0 Å². The monoisotopic (exact) mass is 320 g/mol. The van der Waals surface area contributed by atoms with Gasteiger partial charge in [0, 0.05) is 14.5 Å². The first kappa shape index (κ1) is 10.6. The molecule has 0 aliphatic carbocycles. The summed E-state index contributed by atoms with van der Waals surface area (Å²) in [6, 6.07) is 6.01. The van der Waals surface area contributed by atoms with Crippen LogP contribution in [0.15, 0.2) is 27.1 Å². The van der Waals surface area contributed by atoms with Crippen LogP contribution in [0.1, 0.15) is 12.5 Å². The zero-order valence-corrected chi connectivity index (χ0v) is 10.9. The van der Waals surface area contributed by atoms with Gasteiger partial charge in [-0.15, -0.1) is 0 Å². The summed E-state index contributed by atoms with van der Waals surface area (Å²) in [7, 11) is 0. The Morgan fingerprint density at radius 1 is 1.07 bits per heavy atom. The summed E-state index contributed by atoms with van der Waals surface area (Å²) < 4.78 is 13.2. The van der Waals surface area contributed by atoms with Gasteiger partial charge in [-0.05, 0) is 25.1 Å².